The normalized spacial score (nSPS) is 12.4. The van der Waals surface area contributed by atoms with Crippen molar-refractivity contribution < 1.29 is 13.2 Å². The van der Waals surface area contributed by atoms with Crippen LogP contribution < -0.4 is 5.32 Å². The van der Waals surface area contributed by atoms with Crippen LogP contribution in [0.5, 0.6) is 0 Å². The maximum absolute atomic E-state index is 13.6. The van der Waals surface area contributed by atoms with E-state index in [1.165, 1.54) is 18.2 Å². The molecule has 1 atom stereocenters. The van der Waals surface area contributed by atoms with Gasteiger partial charge in [-0.25, -0.2) is 13.2 Å². The van der Waals surface area contributed by atoms with Crippen LogP contribution in [0.25, 0.3) is 0 Å². The van der Waals surface area contributed by atoms with Gasteiger partial charge in [-0.3, -0.25) is 0 Å². The molecular weight excluding hydrogens is 275 g/mol. The van der Waals surface area contributed by atoms with Gasteiger partial charge in [0.15, 0.2) is 11.6 Å². The second-order valence-corrected chi connectivity index (χ2v) is 5.12. The fraction of sp³-hybridized carbons (Fsp3) is 0.294. The molecule has 0 saturated carbocycles. The van der Waals surface area contributed by atoms with Gasteiger partial charge < -0.3 is 5.32 Å². The summed E-state index contributed by atoms with van der Waals surface area (Å²) in [5.41, 5.74) is 2.06. The number of halogens is 3. The standard InChI is InChI=1S/C17H18F3N/c1-3-6-21-17(12-4-5-15(19)16(20)10-12)13-7-11(2)8-14(18)9-13/h4-5,7-10,17,21H,3,6H2,1-2H3. The molecule has 0 aliphatic carbocycles. The van der Waals surface area contributed by atoms with Gasteiger partial charge in [0.05, 0.1) is 6.04 Å². The lowest BCUT2D eigenvalue weighted by atomic mass is 9.96. The summed E-state index contributed by atoms with van der Waals surface area (Å²) in [6, 6.07) is 8.10. The van der Waals surface area contributed by atoms with Gasteiger partial charge in [-0.15, -0.1) is 0 Å². The van der Waals surface area contributed by atoms with E-state index in [1.807, 2.05) is 13.0 Å². The molecular formula is C17H18F3N. The number of rotatable bonds is 5. The lowest BCUT2D eigenvalue weighted by molar-refractivity contribution is 0.503. The van der Waals surface area contributed by atoms with E-state index in [0.29, 0.717) is 17.7 Å². The van der Waals surface area contributed by atoms with E-state index in [9.17, 15) is 13.2 Å². The van der Waals surface area contributed by atoms with Gasteiger partial charge >= 0.3 is 0 Å². The van der Waals surface area contributed by atoms with E-state index in [2.05, 4.69) is 5.32 Å². The molecule has 0 fully saturated rings. The Balaban J connectivity index is 2.43. The summed E-state index contributed by atoms with van der Waals surface area (Å²) in [5, 5.41) is 3.25. The average Bonchev–Trinajstić information content (AvgIpc) is 2.42. The molecule has 1 nitrogen and oxygen atoms in total. The predicted molar refractivity (Wildman–Crippen MR) is 77.6 cm³/mol. The summed E-state index contributed by atoms with van der Waals surface area (Å²) in [4.78, 5) is 0. The van der Waals surface area contributed by atoms with Crippen LogP contribution in [0.3, 0.4) is 0 Å². The largest absolute Gasteiger partial charge is 0.306 e. The average molecular weight is 293 g/mol. The zero-order chi connectivity index (χ0) is 15.4. The number of hydrogen-bond donors (Lipinski definition) is 1. The molecule has 21 heavy (non-hydrogen) atoms. The highest BCUT2D eigenvalue weighted by atomic mass is 19.2. The van der Waals surface area contributed by atoms with Crippen LogP contribution in [0.2, 0.25) is 0 Å². The predicted octanol–water partition coefficient (Wildman–Crippen LogP) is 4.50. The van der Waals surface area contributed by atoms with Crippen LogP contribution in [-0.2, 0) is 0 Å². The van der Waals surface area contributed by atoms with Crippen molar-refractivity contribution in [3.63, 3.8) is 0 Å². The second kappa shape index (κ2) is 6.76. The summed E-state index contributed by atoms with van der Waals surface area (Å²) in [6.45, 7) is 4.50. The van der Waals surface area contributed by atoms with Gasteiger partial charge in [0, 0.05) is 0 Å². The molecule has 2 aromatic carbocycles. The fourth-order valence-electron chi connectivity index (χ4n) is 2.34. The second-order valence-electron chi connectivity index (χ2n) is 5.12. The molecule has 4 heteroatoms. The van der Waals surface area contributed by atoms with Crippen molar-refractivity contribution in [1.82, 2.24) is 5.32 Å². The lowest BCUT2D eigenvalue weighted by Crippen LogP contribution is -2.23. The third-order valence-electron chi connectivity index (χ3n) is 3.27. The summed E-state index contributed by atoms with van der Waals surface area (Å²) >= 11 is 0. The summed E-state index contributed by atoms with van der Waals surface area (Å²) in [7, 11) is 0. The molecule has 0 aromatic heterocycles. The Morgan fingerprint density at radius 2 is 1.71 bits per heavy atom. The van der Waals surface area contributed by atoms with Gasteiger partial charge in [-0.2, -0.15) is 0 Å². The lowest BCUT2D eigenvalue weighted by Gasteiger charge is -2.20. The number of hydrogen-bond acceptors (Lipinski definition) is 1. The smallest absolute Gasteiger partial charge is 0.159 e. The van der Waals surface area contributed by atoms with Crippen LogP contribution in [0.1, 0.15) is 36.1 Å². The molecule has 2 rings (SSSR count). The van der Waals surface area contributed by atoms with E-state index >= 15 is 0 Å². The molecule has 0 spiro atoms. The molecule has 0 radical (unpaired) electrons. The Kier molecular flexibility index (Phi) is 5.02. The molecule has 0 amide bonds. The molecule has 1 unspecified atom stereocenters. The molecule has 0 aliphatic heterocycles. The van der Waals surface area contributed by atoms with Gasteiger partial charge in [0.2, 0.25) is 0 Å². The van der Waals surface area contributed by atoms with Crippen molar-refractivity contribution in [1.29, 1.82) is 0 Å². The minimum atomic E-state index is -0.899. The van der Waals surface area contributed by atoms with E-state index < -0.39 is 11.6 Å². The maximum atomic E-state index is 13.6. The molecule has 2 aromatic rings. The number of aryl methyl sites for hydroxylation is 1. The molecule has 0 aliphatic rings. The zero-order valence-electron chi connectivity index (χ0n) is 12.1. The van der Waals surface area contributed by atoms with Crippen molar-refractivity contribution in [3.8, 4) is 0 Å². The summed E-state index contributed by atoms with van der Waals surface area (Å²) < 4.78 is 40.2. The monoisotopic (exact) mass is 293 g/mol. The highest BCUT2D eigenvalue weighted by Crippen LogP contribution is 2.25. The first-order valence-corrected chi connectivity index (χ1v) is 6.96. The third kappa shape index (κ3) is 3.85. The highest BCUT2D eigenvalue weighted by Gasteiger charge is 2.16. The van der Waals surface area contributed by atoms with Crippen molar-refractivity contribution in [2.75, 3.05) is 6.54 Å². The fourth-order valence-corrected chi connectivity index (χ4v) is 2.34. The van der Waals surface area contributed by atoms with Crippen molar-refractivity contribution in [2.24, 2.45) is 0 Å². The first-order valence-electron chi connectivity index (χ1n) is 6.96. The van der Waals surface area contributed by atoms with E-state index in [-0.39, 0.29) is 11.9 Å². The SMILES string of the molecule is CCCNC(c1cc(C)cc(F)c1)c1ccc(F)c(F)c1. The minimum Gasteiger partial charge on any atom is -0.306 e. The molecule has 1 N–H and O–H groups in total. The molecule has 0 saturated heterocycles. The first kappa shape index (κ1) is 15.6. The first-order chi connectivity index (χ1) is 10.0. The van der Waals surface area contributed by atoms with Crippen LogP contribution in [0.4, 0.5) is 13.2 Å². The Morgan fingerprint density at radius 1 is 0.952 bits per heavy atom. The Bertz CT molecular complexity index is 605. The number of nitrogens with one attached hydrogen (secondary N) is 1. The molecule has 112 valence electrons. The molecule has 0 bridgehead atoms. The summed E-state index contributed by atoms with van der Waals surface area (Å²) in [6.07, 6.45) is 0.883. The van der Waals surface area contributed by atoms with E-state index in [0.717, 1.165) is 24.1 Å². The Hall–Kier alpha value is -1.81. The van der Waals surface area contributed by atoms with E-state index in [4.69, 9.17) is 0 Å². The van der Waals surface area contributed by atoms with Gasteiger partial charge in [-0.05, 0) is 60.8 Å². The van der Waals surface area contributed by atoms with E-state index in [1.54, 1.807) is 6.92 Å². The third-order valence-corrected chi connectivity index (χ3v) is 3.27. The Labute approximate surface area is 122 Å². The van der Waals surface area contributed by atoms with Crippen LogP contribution in [-0.4, -0.2) is 6.54 Å². The topological polar surface area (TPSA) is 12.0 Å². The van der Waals surface area contributed by atoms with Gasteiger partial charge in [0.1, 0.15) is 5.82 Å². The van der Waals surface area contributed by atoms with Crippen molar-refractivity contribution in [2.45, 2.75) is 26.3 Å². The van der Waals surface area contributed by atoms with Crippen LogP contribution in [0, 0.1) is 24.4 Å². The van der Waals surface area contributed by atoms with Crippen molar-refractivity contribution in [3.05, 3.63) is 70.5 Å². The zero-order valence-corrected chi connectivity index (χ0v) is 12.1. The highest BCUT2D eigenvalue weighted by molar-refractivity contribution is 5.35. The van der Waals surface area contributed by atoms with Gasteiger partial charge in [0.25, 0.3) is 0 Å². The Morgan fingerprint density at radius 3 is 2.33 bits per heavy atom. The summed E-state index contributed by atoms with van der Waals surface area (Å²) in [5.74, 6) is -2.12. The molecule has 0 heterocycles. The quantitative estimate of drug-likeness (QED) is 0.855. The van der Waals surface area contributed by atoms with Gasteiger partial charge in [-0.1, -0.05) is 19.1 Å². The van der Waals surface area contributed by atoms with Crippen LogP contribution in [0.15, 0.2) is 36.4 Å². The maximum Gasteiger partial charge on any atom is 0.159 e. The van der Waals surface area contributed by atoms with Crippen LogP contribution >= 0.6 is 0 Å². The number of benzene rings is 2. The van der Waals surface area contributed by atoms with Crippen molar-refractivity contribution >= 4 is 0 Å². The minimum absolute atomic E-state index is 0.337.